The Bertz CT molecular complexity index is 294. The molecule has 0 saturated heterocycles. The van der Waals surface area contributed by atoms with Gasteiger partial charge < -0.3 is 4.74 Å². The summed E-state index contributed by atoms with van der Waals surface area (Å²) >= 11 is 6.14. The van der Waals surface area contributed by atoms with E-state index < -0.39 is 0 Å². The van der Waals surface area contributed by atoms with Gasteiger partial charge in [-0.1, -0.05) is 13.3 Å². The summed E-state index contributed by atoms with van der Waals surface area (Å²) in [4.78, 5) is 8.39. The highest BCUT2D eigenvalue weighted by Gasteiger charge is 2.07. The predicted octanol–water partition coefficient (Wildman–Crippen LogP) is 2.83. The van der Waals surface area contributed by atoms with Crippen molar-refractivity contribution >= 4 is 11.6 Å². The number of hydrogen-bond acceptors (Lipinski definition) is 3. The van der Waals surface area contributed by atoms with Gasteiger partial charge in [0.1, 0.15) is 0 Å². The summed E-state index contributed by atoms with van der Waals surface area (Å²) in [6.45, 7) is 4.66. The molecule has 1 heterocycles. The Kier molecular flexibility index (Phi) is 5.40. The van der Waals surface area contributed by atoms with Crippen LogP contribution in [0, 0.1) is 0 Å². The average Bonchev–Trinajstić information content (AvgIpc) is 2.19. The van der Waals surface area contributed by atoms with Crippen molar-refractivity contribution in [2.45, 2.75) is 38.5 Å². The van der Waals surface area contributed by atoms with Crippen molar-refractivity contribution in [3.63, 3.8) is 0 Å². The Balaban J connectivity index is 2.56. The normalized spacial score (nSPS) is 12.5. The van der Waals surface area contributed by atoms with Crippen molar-refractivity contribution in [3.05, 3.63) is 18.1 Å². The number of rotatable bonds is 6. The van der Waals surface area contributed by atoms with E-state index in [0.29, 0.717) is 12.5 Å². The SMILES string of the molecule is CCCC(Cl)Cc1cncc(OCC)n1. The molecule has 0 amide bonds. The summed E-state index contributed by atoms with van der Waals surface area (Å²) in [6.07, 6.45) is 6.21. The fourth-order valence-corrected chi connectivity index (χ4v) is 1.72. The molecular formula is C11H17ClN2O. The van der Waals surface area contributed by atoms with Crippen molar-refractivity contribution < 1.29 is 4.74 Å². The van der Waals surface area contributed by atoms with Gasteiger partial charge in [0.15, 0.2) is 0 Å². The van der Waals surface area contributed by atoms with Gasteiger partial charge in [0.25, 0.3) is 0 Å². The lowest BCUT2D eigenvalue weighted by molar-refractivity contribution is 0.324. The van der Waals surface area contributed by atoms with Crippen LogP contribution in [-0.2, 0) is 6.42 Å². The second-order valence-corrected chi connectivity index (χ2v) is 3.99. The van der Waals surface area contributed by atoms with Gasteiger partial charge in [-0.3, -0.25) is 4.98 Å². The number of alkyl halides is 1. The van der Waals surface area contributed by atoms with Crippen LogP contribution in [0.3, 0.4) is 0 Å². The van der Waals surface area contributed by atoms with Gasteiger partial charge in [-0.2, -0.15) is 0 Å². The summed E-state index contributed by atoms with van der Waals surface area (Å²) in [6, 6.07) is 0. The van der Waals surface area contributed by atoms with Gasteiger partial charge >= 0.3 is 0 Å². The molecule has 0 aliphatic carbocycles. The second kappa shape index (κ2) is 6.62. The van der Waals surface area contributed by atoms with Crippen LogP contribution in [0.5, 0.6) is 5.88 Å². The van der Waals surface area contributed by atoms with Crippen LogP contribution in [0.2, 0.25) is 0 Å². The minimum absolute atomic E-state index is 0.140. The van der Waals surface area contributed by atoms with Crippen molar-refractivity contribution in [1.29, 1.82) is 0 Å². The van der Waals surface area contributed by atoms with Crippen molar-refractivity contribution in [2.24, 2.45) is 0 Å². The largest absolute Gasteiger partial charge is 0.477 e. The zero-order valence-corrected chi connectivity index (χ0v) is 10.00. The van der Waals surface area contributed by atoms with E-state index in [0.717, 1.165) is 25.0 Å². The smallest absolute Gasteiger partial charge is 0.232 e. The lowest BCUT2D eigenvalue weighted by atomic mass is 10.1. The molecule has 1 aromatic heterocycles. The first-order valence-electron chi connectivity index (χ1n) is 5.34. The van der Waals surface area contributed by atoms with E-state index >= 15 is 0 Å². The number of hydrogen-bond donors (Lipinski definition) is 0. The molecule has 0 aliphatic heterocycles. The second-order valence-electron chi connectivity index (χ2n) is 3.37. The molecule has 0 saturated carbocycles. The maximum Gasteiger partial charge on any atom is 0.232 e. The molecule has 1 rings (SSSR count). The highest BCUT2D eigenvalue weighted by atomic mass is 35.5. The maximum absolute atomic E-state index is 6.14. The van der Waals surface area contributed by atoms with Gasteiger partial charge in [-0.15, -0.1) is 11.6 Å². The van der Waals surface area contributed by atoms with Gasteiger partial charge in [0.2, 0.25) is 5.88 Å². The van der Waals surface area contributed by atoms with Crippen LogP contribution in [0.15, 0.2) is 12.4 Å². The quantitative estimate of drug-likeness (QED) is 0.703. The van der Waals surface area contributed by atoms with E-state index in [4.69, 9.17) is 16.3 Å². The van der Waals surface area contributed by atoms with Crippen molar-refractivity contribution in [1.82, 2.24) is 9.97 Å². The zero-order valence-electron chi connectivity index (χ0n) is 9.24. The molecule has 1 atom stereocenters. The van der Waals surface area contributed by atoms with Crippen LogP contribution < -0.4 is 4.74 Å². The topological polar surface area (TPSA) is 35.0 Å². The van der Waals surface area contributed by atoms with E-state index in [2.05, 4.69) is 16.9 Å². The van der Waals surface area contributed by atoms with E-state index in [1.165, 1.54) is 0 Å². The van der Waals surface area contributed by atoms with E-state index in [9.17, 15) is 0 Å². The monoisotopic (exact) mass is 228 g/mol. The lowest BCUT2D eigenvalue weighted by Gasteiger charge is -2.08. The highest BCUT2D eigenvalue weighted by molar-refractivity contribution is 6.20. The Labute approximate surface area is 95.8 Å². The van der Waals surface area contributed by atoms with Crippen LogP contribution >= 0.6 is 11.6 Å². The summed E-state index contributed by atoms with van der Waals surface area (Å²) in [7, 11) is 0. The van der Waals surface area contributed by atoms with Crippen LogP contribution in [0.4, 0.5) is 0 Å². The van der Waals surface area contributed by atoms with Crippen molar-refractivity contribution in [2.75, 3.05) is 6.61 Å². The molecule has 0 spiro atoms. The van der Waals surface area contributed by atoms with E-state index in [1.54, 1.807) is 12.4 Å². The average molecular weight is 229 g/mol. The first kappa shape index (κ1) is 12.2. The molecule has 1 aromatic rings. The van der Waals surface area contributed by atoms with Crippen LogP contribution in [0.25, 0.3) is 0 Å². The van der Waals surface area contributed by atoms with Gasteiger partial charge in [-0.25, -0.2) is 4.98 Å². The fourth-order valence-electron chi connectivity index (χ4n) is 1.34. The molecule has 3 nitrogen and oxygen atoms in total. The Hall–Kier alpha value is -0.830. The third-order valence-corrected chi connectivity index (χ3v) is 2.36. The molecule has 0 N–H and O–H groups in total. The van der Waals surface area contributed by atoms with Crippen molar-refractivity contribution in [3.8, 4) is 5.88 Å². The molecule has 0 aliphatic rings. The molecular weight excluding hydrogens is 212 g/mol. The molecule has 15 heavy (non-hydrogen) atoms. The fraction of sp³-hybridized carbons (Fsp3) is 0.636. The maximum atomic E-state index is 6.14. The summed E-state index contributed by atoms with van der Waals surface area (Å²) in [5.41, 5.74) is 0.898. The number of nitrogens with zero attached hydrogens (tertiary/aromatic N) is 2. The molecule has 84 valence electrons. The minimum atomic E-state index is 0.140. The summed E-state index contributed by atoms with van der Waals surface area (Å²) < 4.78 is 5.27. The molecule has 0 fully saturated rings. The first-order chi connectivity index (χ1) is 7.26. The lowest BCUT2D eigenvalue weighted by Crippen LogP contribution is -2.06. The Morgan fingerprint density at radius 3 is 2.87 bits per heavy atom. The molecule has 0 aromatic carbocycles. The minimum Gasteiger partial charge on any atom is -0.477 e. The number of ether oxygens (including phenoxy) is 1. The van der Waals surface area contributed by atoms with Crippen LogP contribution in [0.1, 0.15) is 32.4 Å². The zero-order chi connectivity index (χ0) is 11.1. The summed E-state index contributed by atoms with van der Waals surface area (Å²) in [5.74, 6) is 0.579. The Morgan fingerprint density at radius 2 is 2.20 bits per heavy atom. The van der Waals surface area contributed by atoms with Gasteiger partial charge in [0.05, 0.1) is 18.5 Å². The van der Waals surface area contributed by atoms with E-state index in [-0.39, 0.29) is 5.38 Å². The van der Waals surface area contributed by atoms with Gasteiger partial charge in [-0.05, 0) is 13.3 Å². The Morgan fingerprint density at radius 1 is 1.40 bits per heavy atom. The first-order valence-corrected chi connectivity index (χ1v) is 5.77. The highest BCUT2D eigenvalue weighted by Crippen LogP contribution is 2.13. The summed E-state index contributed by atoms with van der Waals surface area (Å²) in [5, 5.41) is 0.140. The standard InChI is InChI=1S/C11H17ClN2O/c1-3-5-9(12)6-10-7-13-8-11(14-10)15-4-2/h7-9H,3-6H2,1-2H3. The van der Waals surface area contributed by atoms with E-state index in [1.807, 2.05) is 6.92 Å². The molecule has 1 unspecified atom stereocenters. The van der Waals surface area contributed by atoms with Crippen LogP contribution in [-0.4, -0.2) is 22.0 Å². The van der Waals surface area contributed by atoms with Gasteiger partial charge in [0, 0.05) is 18.0 Å². The molecule has 0 radical (unpaired) electrons. The molecule has 0 bridgehead atoms. The molecule has 4 heteroatoms. The predicted molar refractivity (Wildman–Crippen MR) is 61.5 cm³/mol. The number of aromatic nitrogens is 2. The third-order valence-electron chi connectivity index (χ3n) is 1.99. The number of halogens is 1. The third kappa shape index (κ3) is 4.47.